The van der Waals surface area contributed by atoms with Crippen molar-refractivity contribution in [3.63, 3.8) is 0 Å². The molecule has 1 heterocycles. The Morgan fingerprint density at radius 1 is 1.56 bits per heavy atom. The fourth-order valence-electron chi connectivity index (χ4n) is 1.66. The van der Waals surface area contributed by atoms with E-state index >= 15 is 0 Å². The van der Waals surface area contributed by atoms with Crippen LogP contribution in [0.4, 0.5) is 5.69 Å². The first-order chi connectivity index (χ1) is 8.29. The first kappa shape index (κ1) is 15.3. The lowest BCUT2D eigenvalue weighted by molar-refractivity contribution is -0.128. The normalized spacial score (nSPS) is 18.8. The Labute approximate surface area is 117 Å². The molecule has 6 heteroatoms. The molecular formula is C12H17ClN2O2S. The Bertz CT molecular complexity index is 397. The maximum absolute atomic E-state index is 11.9. The van der Waals surface area contributed by atoms with E-state index in [0.717, 1.165) is 17.1 Å². The number of rotatable bonds is 3. The Balaban J connectivity index is 0.00000162. The summed E-state index contributed by atoms with van der Waals surface area (Å²) in [6.45, 7) is 1.97. The lowest BCUT2D eigenvalue weighted by Crippen LogP contribution is -2.45. The van der Waals surface area contributed by atoms with Gasteiger partial charge in [0.15, 0.2) is 0 Å². The van der Waals surface area contributed by atoms with Crippen LogP contribution in [0.5, 0.6) is 0 Å². The van der Waals surface area contributed by atoms with Gasteiger partial charge in [0.25, 0.3) is 5.91 Å². The second kappa shape index (κ2) is 7.63. The van der Waals surface area contributed by atoms with Crippen molar-refractivity contribution in [1.82, 2.24) is 5.32 Å². The van der Waals surface area contributed by atoms with Crippen LogP contribution in [0.15, 0.2) is 29.2 Å². The largest absolute Gasteiger partial charge is 0.366 e. The maximum atomic E-state index is 11.9. The van der Waals surface area contributed by atoms with Crippen LogP contribution < -0.4 is 10.6 Å². The topological polar surface area (TPSA) is 50.4 Å². The number of carbonyl (C=O) groups is 1. The number of hydrogen-bond donors (Lipinski definition) is 2. The summed E-state index contributed by atoms with van der Waals surface area (Å²) >= 11 is 1.65. The third kappa shape index (κ3) is 4.17. The van der Waals surface area contributed by atoms with Gasteiger partial charge in [-0.05, 0) is 24.5 Å². The van der Waals surface area contributed by atoms with Crippen LogP contribution in [0.3, 0.4) is 0 Å². The number of anilines is 1. The van der Waals surface area contributed by atoms with Crippen LogP contribution in [0.25, 0.3) is 0 Å². The average molecular weight is 289 g/mol. The van der Waals surface area contributed by atoms with E-state index < -0.39 is 0 Å². The van der Waals surface area contributed by atoms with Crippen LogP contribution in [-0.2, 0) is 9.53 Å². The highest BCUT2D eigenvalue weighted by Gasteiger charge is 2.21. The van der Waals surface area contributed by atoms with Crippen molar-refractivity contribution in [2.24, 2.45) is 0 Å². The fraction of sp³-hybridized carbons (Fsp3) is 0.417. The molecule has 0 bridgehead atoms. The molecule has 0 aliphatic carbocycles. The van der Waals surface area contributed by atoms with Gasteiger partial charge < -0.3 is 15.4 Å². The van der Waals surface area contributed by atoms with E-state index in [1.807, 2.05) is 30.5 Å². The molecule has 1 aromatic carbocycles. The molecule has 4 nitrogen and oxygen atoms in total. The molecule has 1 aromatic rings. The molecule has 1 aliphatic rings. The quantitative estimate of drug-likeness (QED) is 0.832. The second-order valence-electron chi connectivity index (χ2n) is 3.78. The lowest BCUT2D eigenvalue weighted by atomic mass is 10.2. The van der Waals surface area contributed by atoms with Gasteiger partial charge in [-0.15, -0.1) is 24.2 Å². The number of carbonyl (C=O) groups excluding carboxylic acids is 1. The summed E-state index contributed by atoms with van der Waals surface area (Å²) in [7, 11) is 0. The lowest BCUT2D eigenvalue weighted by Gasteiger charge is -2.22. The molecule has 1 amide bonds. The molecule has 2 rings (SSSR count). The fourth-order valence-corrected chi connectivity index (χ4v) is 2.12. The Morgan fingerprint density at radius 3 is 3.06 bits per heavy atom. The van der Waals surface area contributed by atoms with Crippen LogP contribution in [0.1, 0.15) is 0 Å². The van der Waals surface area contributed by atoms with Gasteiger partial charge in [0, 0.05) is 23.7 Å². The van der Waals surface area contributed by atoms with Crippen LogP contribution in [0.2, 0.25) is 0 Å². The highest BCUT2D eigenvalue weighted by molar-refractivity contribution is 7.98. The van der Waals surface area contributed by atoms with Crippen molar-refractivity contribution >= 4 is 35.8 Å². The summed E-state index contributed by atoms with van der Waals surface area (Å²) in [5, 5.41) is 6.00. The highest BCUT2D eigenvalue weighted by atomic mass is 35.5. The zero-order valence-electron chi connectivity index (χ0n) is 10.1. The van der Waals surface area contributed by atoms with Gasteiger partial charge in [0.05, 0.1) is 6.61 Å². The summed E-state index contributed by atoms with van der Waals surface area (Å²) in [5.74, 6) is -0.0875. The minimum atomic E-state index is -0.387. The smallest absolute Gasteiger partial charge is 0.254 e. The number of thioether (sulfide) groups is 1. The SMILES string of the molecule is CSc1cccc(NC(=O)C2CNCCO2)c1.Cl. The summed E-state index contributed by atoms with van der Waals surface area (Å²) in [4.78, 5) is 13.0. The average Bonchev–Trinajstić information content (AvgIpc) is 2.40. The van der Waals surface area contributed by atoms with E-state index in [-0.39, 0.29) is 24.4 Å². The molecule has 18 heavy (non-hydrogen) atoms. The molecule has 1 unspecified atom stereocenters. The van der Waals surface area contributed by atoms with E-state index in [0.29, 0.717) is 13.2 Å². The summed E-state index contributed by atoms with van der Waals surface area (Å²) in [5.41, 5.74) is 0.816. The van der Waals surface area contributed by atoms with Crippen molar-refractivity contribution in [3.05, 3.63) is 24.3 Å². The van der Waals surface area contributed by atoms with Gasteiger partial charge >= 0.3 is 0 Å². The monoisotopic (exact) mass is 288 g/mol. The predicted molar refractivity (Wildman–Crippen MR) is 76.7 cm³/mol. The third-order valence-electron chi connectivity index (χ3n) is 2.56. The van der Waals surface area contributed by atoms with Crippen molar-refractivity contribution in [3.8, 4) is 0 Å². The second-order valence-corrected chi connectivity index (χ2v) is 4.66. The number of benzene rings is 1. The molecule has 2 N–H and O–H groups in total. The zero-order valence-corrected chi connectivity index (χ0v) is 11.8. The number of morpholine rings is 1. The van der Waals surface area contributed by atoms with E-state index in [2.05, 4.69) is 10.6 Å². The number of halogens is 1. The Kier molecular flexibility index (Phi) is 6.49. The third-order valence-corrected chi connectivity index (χ3v) is 3.28. The van der Waals surface area contributed by atoms with Crippen molar-refractivity contribution in [2.45, 2.75) is 11.0 Å². The number of nitrogens with one attached hydrogen (secondary N) is 2. The molecule has 1 atom stereocenters. The van der Waals surface area contributed by atoms with Gasteiger partial charge in [0.2, 0.25) is 0 Å². The van der Waals surface area contributed by atoms with E-state index in [9.17, 15) is 4.79 Å². The first-order valence-electron chi connectivity index (χ1n) is 5.57. The number of hydrogen-bond acceptors (Lipinski definition) is 4. The Hall–Kier alpha value is -0.750. The molecular weight excluding hydrogens is 272 g/mol. The van der Waals surface area contributed by atoms with Crippen molar-refractivity contribution in [2.75, 3.05) is 31.3 Å². The summed E-state index contributed by atoms with van der Waals surface area (Å²) in [6, 6.07) is 7.78. The van der Waals surface area contributed by atoms with Crippen molar-refractivity contribution < 1.29 is 9.53 Å². The van der Waals surface area contributed by atoms with Crippen LogP contribution >= 0.6 is 24.2 Å². The number of ether oxygens (including phenoxy) is 1. The highest BCUT2D eigenvalue weighted by Crippen LogP contribution is 2.19. The molecule has 1 saturated heterocycles. The van der Waals surface area contributed by atoms with Crippen LogP contribution in [-0.4, -0.2) is 38.0 Å². The van der Waals surface area contributed by atoms with E-state index in [1.54, 1.807) is 11.8 Å². The predicted octanol–water partition coefficient (Wildman–Crippen LogP) is 1.76. The molecule has 0 aromatic heterocycles. The van der Waals surface area contributed by atoms with E-state index in [1.165, 1.54) is 0 Å². The van der Waals surface area contributed by atoms with Gasteiger partial charge in [0.1, 0.15) is 6.10 Å². The molecule has 0 saturated carbocycles. The van der Waals surface area contributed by atoms with Gasteiger partial charge in [-0.3, -0.25) is 4.79 Å². The van der Waals surface area contributed by atoms with Crippen molar-refractivity contribution in [1.29, 1.82) is 0 Å². The molecule has 100 valence electrons. The maximum Gasteiger partial charge on any atom is 0.254 e. The first-order valence-corrected chi connectivity index (χ1v) is 6.79. The minimum Gasteiger partial charge on any atom is -0.366 e. The van der Waals surface area contributed by atoms with E-state index in [4.69, 9.17) is 4.74 Å². The standard InChI is InChI=1S/C12H16N2O2S.ClH/c1-17-10-4-2-3-9(7-10)14-12(15)11-8-13-5-6-16-11;/h2-4,7,11,13H,5-6,8H2,1H3,(H,14,15);1H. The number of amides is 1. The van der Waals surface area contributed by atoms with Crippen LogP contribution in [0, 0.1) is 0 Å². The van der Waals surface area contributed by atoms with Gasteiger partial charge in [-0.1, -0.05) is 6.07 Å². The molecule has 0 spiro atoms. The zero-order chi connectivity index (χ0) is 12.1. The minimum absolute atomic E-state index is 0. The van der Waals surface area contributed by atoms with Gasteiger partial charge in [-0.2, -0.15) is 0 Å². The van der Waals surface area contributed by atoms with Gasteiger partial charge in [-0.25, -0.2) is 0 Å². The molecule has 0 radical (unpaired) electrons. The Morgan fingerprint density at radius 2 is 2.39 bits per heavy atom. The summed E-state index contributed by atoms with van der Waals surface area (Å²) < 4.78 is 5.39. The molecule has 1 fully saturated rings. The molecule has 1 aliphatic heterocycles. The summed E-state index contributed by atoms with van der Waals surface area (Å²) in [6.07, 6.45) is 1.62.